The Bertz CT molecular complexity index is 474. The summed E-state index contributed by atoms with van der Waals surface area (Å²) in [7, 11) is 0. The van der Waals surface area contributed by atoms with E-state index in [9.17, 15) is 0 Å². The van der Waals surface area contributed by atoms with E-state index >= 15 is 0 Å². The fourth-order valence-corrected chi connectivity index (χ4v) is 4.40. The fraction of sp³-hybridized carbons (Fsp3) is 0.769. The highest BCUT2D eigenvalue weighted by Gasteiger charge is 2.39. The largest absolute Gasteiger partial charge is 0.523 e. The molecule has 96 valence electrons. The van der Waals surface area contributed by atoms with Gasteiger partial charge in [0.15, 0.2) is 5.69 Å². The second kappa shape index (κ2) is 4.94. The Morgan fingerprint density at radius 1 is 1.50 bits per heavy atom. The molecule has 0 saturated carbocycles. The minimum Gasteiger partial charge on any atom is -0.300 e. The molecule has 1 aromatic heterocycles. The van der Waals surface area contributed by atoms with Gasteiger partial charge in [-0.05, 0) is 54.6 Å². The van der Waals surface area contributed by atoms with Gasteiger partial charge in [-0.15, -0.1) is 0 Å². The summed E-state index contributed by atoms with van der Waals surface area (Å²) in [6.45, 7) is 4.72. The number of fused-ring (bicyclic) bond motifs is 2. The van der Waals surface area contributed by atoms with Crippen molar-refractivity contribution in [1.82, 2.24) is 9.88 Å². The van der Waals surface area contributed by atoms with Crippen LogP contribution in [0.1, 0.15) is 36.8 Å². The van der Waals surface area contributed by atoms with Crippen molar-refractivity contribution in [3.05, 3.63) is 15.5 Å². The Morgan fingerprint density at radius 3 is 3.17 bits per heavy atom. The summed E-state index contributed by atoms with van der Waals surface area (Å²) in [5, 5.41) is 9.37. The van der Waals surface area contributed by atoms with Crippen molar-refractivity contribution in [3.8, 4) is 0 Å². The first kappa shape index (κ1) is 12.1. The van der Waals surface area contributed by atoms with E-state index in [1.165, 1.54) is 42.9 Å². The highest BCUT2D eigenvalue weighted by atomic mass is 32.1. The van der Waals surface area contributed by atoms with E-state index in [2.05, 4.69) is 21.8 Å². The first-order chi connectivity index (χ1) is 8.81. The van der Waals surface area contributed by atoms with E-state index in [-0.39, 0.29) is 0 Å². The predicted octanol–water partition coefficient (Wildman–Crippen LogP) is 3.22. The Hall–Kier alpha value is -0.990. The smallest absolute Gasteiger partial charge is 0.300 e. The van der Waals surface area contributed by atoms with Crippen LogP contribution in [-0.4, -0.2) is 29.0 Å². The van der Waals surface area contributed by atoms with E-state index in [1.54, 1.807) is 11.3 Å². The summed E-state index contributed by atoms with van der Waals surface area (Å²) >= 11 is 1.56. The number of aromatic nitrogens is 1. The van der Waals surface area contributed by atoms with Crippen molar-refractivity contribution in [1.29, 1.82) is 5.39 Å². The first-order valence-corrected chi connectivity index (χ1v) is 7.71. The molecule has 2 aliphatic rings. The zero-order valence-electron chi connectivity index (χ0n) is 10.8. The normalized spacial score (nSPS) is 27.3. The van der Waals surface area contributed by atoms with Crippen molar-refractivity contribution < 1.29 is 0 Å². The lowest BCUT2D eigenvalue weighted by atomic mass is 9.79. The Balaban J connectivity index is 1.84. The molecule has 1 saturated heterocycles. The van der Waals surface area contributed by atoms with Crippen LogP contribution in [-0.2, 0) is 12.8 Å². The SMILES string of the molecule is CCCN1CCC[C@H]2Cc3nc([N+]#N)sc3C[C@@H]21. The predicted molar refractivity (Wildman–Crippen MR) is 72.6 cm³/mol. The van der Waals surface area contributed by atoms with Crippen LogP contribution in [0.25, 0.3) is 4.98 Å². The third-order valence-electron chi connectivity index (χ3n) is 4.25. The van der Waals surface area contributed by atoms with Crippen molar-refractivity contribution in [2.75, 3.05) is 13.1 Å². The number of nitrogens with zero attached hydrogens (tertiary/aromatic N) is 4. The molecule has 1 fully saturated rings. The summed E-state index contributed by atoms with van der Waals surface area (Å²) in [6, 6.07) is 0.693. The number of thiazole rings is 1. The molecule has 0 radical (unpaired) electrons. The first-order valence-electron chi connectivity index (χ1n) is 6.89. The molecule has 0 aromatic carbocycles. The van der Waals surface area contributed by atoms with Crippen LogP contribution < -0.4 is 0 Å². The van der Waals surface area contributed by atoms with Crippen molar-refractivity contribution >= 4 is 16.5 Å². The zero-order valence-corrected chi connectivity index (χ0v) is 11.6. The average molecular weight is 263 g/mol. The molecule has 0 bridgehead atoms. The van der Waals surface area contributed by atoms with E-state index in [0.717, 1.165) is 18.8 Å². The summed E-state index contributed by atoms with van der Waals surface area (Å²) in [4.78, 5) is 11.7. The van der Waals surface area contributed by atoms with Gasteiger partial charge in [-0.25, -0.2) is 0 Å². The van der Waals surface area contributed by atoms with E-state index in [4.69, 9.17) is 5.39 Å². The van der Waals surface area contributed by atoms with Gasteiger partial charge in [0.25, 0.3) is 0 Å². The minimum absolute atomic E-state index is 0.528. The molecular formula is C13H19N4S+. The van der Waals surface area contributed by atoms with Gasteiger partial charge in [-0.1, -0.05) is 6.92 Å². The number of hydrogen-bond donors (Lipinski definition) is 0. The molecule has 0 N–H and O–H groups in total. The average Bonchev–Trinajstić information content (AvgIpc) is 2.79. The van der Waals surface area contributed by atoms with E-state index < -0.39 is 0 Å². The molecule has 18 heavy (non-hydrogen) atoms. The third-order valence-corrected chi connectivity index (χ3v) is 5.25. The lowest BCUT2D eigenvalue weighted by Crippen LogP contribution is -2.49. The summed E-state index contributed by atoms with van der Waals surface area (Å²) < 4.78 is 0. The third kappa shape index (κ3) is 2.04. The Morgan fingerprint density at radius 2 is 2.39 bits per heavy atom. The Labute approximate surface area is 112 Å². The molecule has 1 aromatic rings. The van der Waals surface area contributed by atoms with Gasteiger partial charge < -0.3 is 0 Å². The number of piperidine rings is 1. The maximum atomic E-state index is 8.84. The maximum Gasteiger partial charge on any atom is 0.523 e. The van der Waals surface area contributed by atoms with Gasteiger partial charge in [0.05, 0.1) is 10.3 Å². The summed E-state index contributed by atoms with van der Waals surface area (Å²) in [5.41, 5.74) is 1.19. The molecule has 0 amide bonds. The van der Waals surface area contributed by atoms with Gasteiger partial charge in [0, 0.05) is 23.9 Å². The van der Waals surface area contributed by atoms with Crippen LogP contribution in [0.4, 0.5) is 5.13 Å². The van der Waals surface area contributed by atoms with Gasteiger partial charge in [0.1, 0.15) is 0 Å². The number of rotatable bonds is 2. The summed E-state index contributed by atoms with van der Waals surface area (Å²) in [6.07, 6.45) is 6.06. The van der Waals surface area contributed by atoms with Crippen molar-refractivity contribution in [2.45, 2.75) is 45.1 Å². The van der Waals surface area contributed by atoms with Crippen LogP contribution >= 0.6 is 11.3 Å². The minimum atomic E-state index is 0.528. The zero-order chi connectivity index (χ0) is 12.5. The number of hydrogen-bond acceptors (Lipinski definition) is 4. The molecule has 4 nitrogen and oxygen atoms in total. The molecule has 2 heterocycles. The van der Waals surface area contributed by atoms with Crippen LogP contribution in [0.5, 0.6) is 0 Å². The van der Waals surface area contributed by atoms with Crippen LogP contribution in [0, 0.1) is 11.3 Å². The summed E-state index contributed by atoms with van der Waals surface area (Å²) in [5.74, 6) is 0.756. The molecule has 5 heteroatoms. The van der Waals surface area contributed by atoms with Crippen LogP contribution in [0.2, 0.25) is 0 Å². The second-order valence-corrected chi connectivity index (χ2v) is 6.44. The lowest BCUT2D eigenvalue weighted by molar-refractivity contribution is 0.0857. The van der Waals surface area contributed by atoms with E-state index in [0.29, 0.717) is 11.2 Å². The molecule has 0 unspecified atom stereocenters. The maximum absolute atomic E-state index is 8.84. The standard InChI is InChI=1S/C13H19N4S/c1-2-5-17-6-3-4-9-7-10-12(8-11(9)17)18-13(15-10)16-14/h9,11H,2-8H2,1H3/q+1/t9-,11-/m0/s1. The van der Waals surface area contributed by atoms with Crippen molar-refractivity contribution in [2.24, 2.45) is 5.92 Å². The molecule has 0 spiro atoms. The number of diazo groups is 1. The van der Waals surface area contributed by atoms with Crippen molar-refractivity contribution in [3.63, 3.8) is 0 Å². The second-order valence-electron chi connectivity index (χ2n) is 5.38. The topological polar surface area (TPSA) is 44.3 Å². The monoisotopic (exact) mass is 263 g/mol. The molecule has 3 rings (SSSR count). The highest BCUT2D eigenvalue weighted by molar-refractivity contribution is 7.15. The molecular weight excluding hydrogens is 244 g/mol. The van der Waals surface area contributed by atoms with E-state index in [1.807, 2.05) is 0 Å². The fourth-order valence-electron chi connectivity index (χ4n) is 3.48. The van der Waals surface area contributed by atoms with Gasteiger partial charge >= 0.3 is 5.13 Å². The molecule has 1 aliphatic carbocycles. The van der Waals surface area contributed by atoms with Crippen LogP contribution in [0.3, 0.4) is 0 Å². The molecule has 1 aliphatic heterocycles. The Kier molecular flexibility index (Phi) is 3.31. The highest BCUT2D eigenvalue weighted by Crippen LogP contribution is 2.39. The lowest BCUT2D eigenvalue weighted by Gasteiger charge is -2.42. The van der Waals surface area contributed by atoms with Gasteiger partial charge in [-0.3, -0.25) is 4.90 Å². The van der Waals surface area contributed by atoms with Gasteiger partial charge in [-0.2, -0.15) is 0 Å². The van der Waals surface area contributed by atoms with Gasteiger partial charge in [0.2, 0.25) is 0 Å². The quantitative estimate of drug-likeness (QED) is 0.770. The number of likely N-dealkylation sites (tertiary alicyclic amines) is 1. The van der Waals surface area contributed by atoms with Crippen LogP contribution in [0.15, 0.2) is 0 Å². The molecule has 2 atom stereocenters.